The van der Waals surface area contributed by atoms with Crippen LogP contribution >= 0.6 is 0 Å². The fourth-order valence-electron chi connectivity index (χ4n) is 2.49. The van der Waals surface area contributed by atoms with Gasteiger partial charge in [0, 0.05) is 6.54 Å². The van der Waals surface area contributed by atoms with Crippen LogP contribution in [0.15, 0.2) is 24.3 Å². The molecule has 22 heavy (non-hydrogen) atoms. The standard InChI is InChI=1S/C15H16N2O5/c1-2-7-16-13(18)14(19)17(15(16)20)8-10-9-21-11-5-3-4-6-12(11)22-10/h3-6,10H,2,7-9H2,1H3/t10-/m1/s1. The minimum absolute atomic E-state index is 0.00203. The van der Waals surface area contributed by atoms with Gasteiger partial charge < -0.3 is 9.47 Å². The number of carbonyl (C=O) groups is 3. The van der Waals surface area contributed by atoms with Gasteiger partial charge >= 0.3 is 17.8 Å². The van der Waals surface area contributed by atoms with Gasteiger partial charge in [-0.2, -0.15) is 0 Å². The second-order valence-electron chi connectivity index (χ2n) is 5.15. The fraction of sp³-hybridized carbons (Fsp3) is 0.400. The van der Waals surface area contributed by atoms with Crippen LogP contribution in [0.5, 0.6) is 11.5 Å². The van der Waals surface area contributed by atoms with Gasteiger partial charge in [0.1, 0.15) is 6.61 Å². The van der Waals surface area contributed by atoms with E-state index in [1.807, 2.05) is 19.1 Å². The van der Waals surface area contributed by atoms with E-state index in [0.29, 0.717) is 17.9 Å². The summed E-state index contributed by atoms with van der Waals surface area (Å²) in [7, 11) is 0. The number of ether oxygens (including phenoxy) is 2. The second-order valence-corrected chi connectivity index (χ2v) is 5.15. The number of imide groups is 2. The molecule has 1 aromatic rings. The molecule has 2 aliphatic rings. The van der Waals surface area contributed by atoms with Crippen LogP contribution in [0.4, 0.5) is 4.79 Å². The Kier molecular flexibility index (Phi) is 3.70. The molecule has 7 nitrogen and oxygen atoms in total. The van der Waals surface area contributed by atoms with E-state index in [9.17, 15) is 14.4 Å². The summed E-state index contributed by atoms with van der Waals surface area (Å²) in [4.78, 5) is 37.8. The van der Waals surface area contributed by atoms with Crippen molar-refractivity contribution in [2.45, 2.75) is 19.4 Å². The maximum Gasteiger partial charge on any atom is 0.334 e. The lowest BCUT2D eigenvalue weighted by molar-refractivity contribution is -0.143. The van der Waals surface area contributed by atoms with Crippen molar-refractivity contribution >= 4 is 17.8 Å². The largest absolute Gasteiger partial charge is 0.486 e. The minimum Gasteiger partial charge on any atom is -0.486 e. The first-order chi connectivity index (χ1) is 10.6. The zero-order valence-corrected chi connectivity index (χ0v) is 12.2. The molecule has 0 aliphatic carbocycles. The Morgan fingerprint density at radius 3 is 2.50 bits per heavy atom. The van der Waals surface area contributed by atoms with Gasteiger partial charge in [0.2, 0.25) is 0 Å². The fourth-order valence-corrected chi connectivity index (χ4v) is 2.49. The van der Waals surface area contributed by atoms with Crippen molar-refractivity contribution in [3.8, 4) is 11.5 Å². The van der Waals surface area contributed by atoms with Crippen LogP contribution in [0, 0.1) is 0 Å². The molecule has 0 unspecified atom stereocenters. The van der Waals surface area contributed by atoms with E-state index in [2.05, 4.69) is 0 Å². The van der Waals surface area contributed by atoms with E-state index in [0.717, 1.165) is 9.80 Å². The molecule has 2 heterocycles. The Balaban J connectivity index is 1.70. The molecule has 3 rings (SSSR count). The van der Waals surface area contributed by atoms with E-state index in [1.165, 1.54) is 0 Å². The van der Waals surface area contributed by atoms with Gasteiger partial charge in [0.15, 0.2) is 17.6 Å². The third-order valence-corrected chi connectivity index (χ3v) is 3.54. The Morgan fingerprint density at radius 2 is 1.77 bits per heavy atom. The topological polar surface area (TPSA) is 76.2 Å². The molecule has 1 aromatic carbocycles. The summed E-state index contributed by atoms with van der Waals surface area (Å²) in [6, 6.07) is 6.59. The van der Waals surface area contributed by atoms with Crippen LogP contribution < -0.4 is 9.47 Å². The first kappa shape index (κ1) is 14.4. The summed E-state index contributed by atoms with van der Waals surface area (Å²) in [6.07, 6.45) is 0.117. The van der Waals surface area contributed by atoms with Crippen LogP contribution in [-0.2, 0) is 9.59 Å². The lowest BCUT2D eigenvalue weighted by Crippen LogP contribution is -2.44. The van der Waals surface area contributed by atoms with Crippen molar-refractivity contribution in [3.05, 3.63) is 24.3 Å². The second kappa shape index (κ2) is 5.67. The Bertz CT molecular complexity index is 630. The van der Waals surface area contributed by atoms with Gasteiger partial charge in [0.05, 0.1) is 6.54 Å². The van der Waals surface area contributed by atoms with E-state index >= 15 is 0 Å². The van der Waals surface area contributed by atoms with Crippen molar-refractivity contribution in [3.63, 3.8) is 0 Å². The van der Waals surface area contributed by atoms with Crippen LogP contribution in [-0.4, -0.2) is 53.4 Å². The highest BCUT2D eigenvalue weighted by Gasteiger charge is 2.45. The maximum atomic E-state index is 12.1. The molecule has 0 bridgehead atoms. The summed E-state index contributed by atoms with van der Waals surface area (Å²) < 4.78 is 11.3. The molecule has 2 aliphatic heterocycles. The molecule has 1 fully saturated rings. The monoisotopic (exact) mass is 304 g/mol. The summed E-state index contributed by atoms with van der Waals surface area (Å²) in [5, 5.41) is 0. The molecular weight excluding hydrogens is 288 g/mol. The summed E-state index contributed by atoms with van der Waals surface area (Å²) in [6.45, 7) is 2.29. The number of rotatable bonds is 4. The van der Waals surface area contributed by atoms with Crippen molar-refractivity contribution in [1.29, 1.82) is 0 Å². The summed E-state index contributed by atoms with van der Waals surface area (Å²) >= 11 is 0. The normalized spacial score (nSPS) is 20.8. The molecule has 4 amide bonds. The zero-order valence-electron chi connectivity index (χ0n) is 12.2. The molecule has 116 valence electrons. The van der Waals surface area contributed by atoms with E-state index in [-0.39, 0.29) is 19.7 Å². The molecule has 0 spiro atoms. The molecule has 1 saturated heterocycles. The number of amides is 4. The Labute approximate surface area is 127 Å². The van der Waals surface area contributed by atoms with E-state index in [1.54, 1.807) is 12.1 Å². The summed E-state index contributed by atoms with van der Waals surface area (Å²) in [5.41, 5.74) is 0. The number of urea groups is 1. The first-order valence-electron chi connectivity index (χ1n) is 7.17. The smallest absolute Gasteiger partial charge is 0.334 e. The predicted octanol–water partition coefficient (Wildman–Crippen LogP) is 1.03. The highest BCUT2D eigenvalue weighted by Crippen LogP contribution is 2.31. The Morgan fingerprint density at radius 1 is 1.09 bits per heavy atom. The number of benzene rings is 1. The number of hydrogen-bond acceptors (Lipinski definition) is 5. The van der Waals surface area contributed by atoms with Crippen molar-refractivity contribution in [1.82, 2.24) is 9.80 Å². The SMILES string of the molecule is CCCN1C(=O)C(=O)N(C[C@@H]2COc3ccccc3O2)C1=O. The number of fused-ring (bicyclic) bond motifs is 1. The van der Waals surface area contributed by atoms with Crippen LogP contribution in [0.2, 0.25) is 0 Å². The quantitative estimate of drug-likeness (QED) is 0.613. The average Bonchev–Trinajstić information content (AvgIpc) is 2.73. The lowest BCUT2D eigenvalue weighted by Gasteiger charge is -2.28. The molecule has 1 atom stereocenters. The van der Waals surface area contributed by atoms with Crippen molar-refractivity contribution < 1.29 is 23.9 Å². The third-order valence-electron chi connectivity index (χ3n) is 3.54. The molecule has 0 N–H and O–H groups in total. The van der Waals surface area contributed by atoms with Crippen molar-refractivity contribution in [2.24, 2.45) is 0 Å². The van der Waals surface area contributed by atoms with Gasteiger partial charge in [-0.1, -0.05) is 19.1 Å². The van der Waals surface area contributed by atoms with Gasteiger partial charge in [-0.3, -0.25) is 19.4 Å². The number of hydrogen-bond donors (Lipinski definition) is 0. The summed E-state index contributed by atoms with van der Waals surface area (Å²) in [5.74, 6) is -0.388. The Hall–Kier alpha value is -2.57. The van der Waals surface area contributed by atoms with Gasteiger partial charge in [-0.25, -0.2) is 4.79 Å². The highest BCUT2D eigenvalue weighted by atomic mass is 16.6. The number of para-hydroxylation sites is 2. The third kappa shape index (κ3) is 2.38. The first-order valence-corrected chi connectivity index (χ1v) is 7.17. The van der Waals surface area contributed by atoms with Crippen LogP contribution in [0.25, 0.3) is 0 Å². The maximum absolute atomic E-state index is 12.1. The number of nitrogens with zero attached hydrogens (tertiary/aromatic N) is 2. The minimum atomic E-state index is -0.805. The average molecular weight is 304 g/mol. The molecule has 7 heteroatoms. The van der Waals surface area contributed by atoms with Crippen LogP contribution in [0.1, 0.15) is 13.3 Å². The molecule has 0 aromatic heterocycles. The van der Waals surface area contributed by atoms with E-state index < -0.39 is 23.9 Å². The highest BCUT2D eigenvalue weighted by molar-refractivity contribution is 6.44. The number of carbonyl (C=O) groups excluding carboxylic acids is 3. The predicted molar refractivity (Wildman–Crippen MR) is 75.5 cm³/mol. The van der Waals surface area contributed by atoms with Crippen LogP contribution in [0.3, 0.4) is 0 Å². The van der Waals surface area contributed by atoms with Gasteiger partial charge in [0.25, 0.3) is 0 Å². The lowest BCUT2D eigenvalue weighted by atomic mass is 10.2. The molecular formula is C15H16N2O5. The molecule has 0 radical (unpaired) electrons. The zero-order chi connectivity index (χ0) is 15.7. The molecule has 0 saturated carbocycles. The van der Waals surface area contributed by atoms with Gasteiger partial charge in [-0.15, -0.1) is 0 Å². The van der Waals surface area contributed by atoms with E-state index in [4.69, 9.17) is 9.47 Å². The van der Waals surface area contributed by atoms with Gasteiger partial charge in [-0.05, 0) is 18.6 Å². The van der Waals surface area contributed by atoms with Crippen molar-refractivity contribution in [2.75, 3.05) is 19.7 Å².